The first-order valence-corrected chi connectivity index (χ1v) is 11.2. The maximum Gasteiger partial charge on any atom is 0.130 e. The van der Waals surface area contributed by atoms with Crippen molar-refractivity contribution in [2.45, 2.75) is 32.6 Å². The van der Waals surface area contributed by atoms with Gasteiger partial charge in [0.05, 0.1) is 0 Å². The Kier molecular flexibility index (Phi) is 6.27. The average Bonchev–Trinajstić information content (AvgIpc) is 2.80. The van der Waals surface area contributed by atoms with Gasteiger partial charge in [-0.25, -0.2) is 0 Å². The molecule has 0 aliphatic rings. The number of anilines is 2. The molecule has 0 amide bonds. The van der Waals surface area contributed by atoms with E-state index in [1.54, 1.807) is 0 Å². The lowest BCUT2D eigenvalue weighted by atomic mass is 9.77. The second kappa shape index (κ2) is 9.29. The first-order chi connectivity index (χ1) is 15.8. The predicted molar refractivity (Wildman–Crippen MR) is 136 cm³/mol. The first-order valence-electron chi connectivity index (χ1n) is 11.2. The van der Waals surface area contributed by atoms with Gasteiger partial charge < -0.3 is 20.9 Å². The number of hydrogen-bond donors (Lipinski definition) is 2. The highest BCUT2D eigenvalue weighted by Crippen LogP contribution is 2.36. The van der Waals surface area contributed by atoms with Crippen molar-refractivity contribution in [3.8, 4) is 23.0 Å². The first kappa shape index (κ1) is 22.3. The maximum absolute atomic E-state index is 6.13. The van der Waals surface area contributed by atoms with Crippen LogP contribution in [0.15, 0.2) is 91.0 Å². The molecule has 168 valence electrons. The number of hydrogen-bond acceptors (Lipinski definition) is 4. The quantitative estimate of drug-likeness (QED) is 0.296. The summed E-state index contributed by atoms with van der Waals surface area (Å²) in [5.74, 6) is 3.10. The Balaban J connectivity index is 1.56. The Morgan fingerprint density at radius 2 is 1.21 bits per heavy atom. The molecule has 0 saturated carbocycles. The molecule has 0 unspecified atom stereocenters. The summed E-state index contributed by atoms with van der Waals surface area (Å²) in [5.41, 5.74) is 16.5. The van der Waals surface area contributed by atoms with E-state index in [0.29, 0.717) is 11.4 Å². The fraction of sp³-hybridized carbons (Fsp3) is 0.172. The lowest BCUT2D eigenvalue weighted by Gasteiger charge is -2.27. The van der Waals surface area contributed by atoms with Crippen LogP contribution in [0.1, 0.15) is 37.5 Å². The summed E-state index contributed by atoms with van der Waals surface area (Å²) in [6, 6.07) is 29.6. The zero-order valence-corrected chi connectivity index (χ0v) is 19.3. The van der Waals surface area contributed by atoms with Crippen molar-refractivity contribution in [2.75, 3.05) is 11.5 Å². The van der Waals surface area contributed by atoms with E-state index in [4.69, 9.17) is 20.9 Å². The van der Waals surface area contributed by atoms with Crippen molar-refractivity contribution in [3.05, 3.63) is 108 Å². The van der Waals surface area contributed by atoms with Gasteiger partial charge in [-0.05, 0) is 65.6 Å². The molecule has 0 spiro atoms. The summed E-state index contributed by atoms with van der Waals surface area (Å²) in [5, 5.41) is 0. The van der Waals surface area contributed by atoms with Gasteiger partial charge in [0.25, 0.3) is 0 Å². The fourth-order valence-electron chi connectivity index (χ4n) is 3.87. The molecule has 0 saturated heterocycles. The summed E-state index contributed by atoms with van der Waals surface area (Å²) >= 11 is 0. The third kappa shape index (κ3) is 5.12. The van der Waals surface area contributed by atoms with Crippen LogP contribution in [-0.4, -0.2) is 0 Å². The minimum absolute atomic E-state index is 0.185. The zero-order chi connectivity index (χ0) is 23.4. The Morgan fingerprint density at radius 1 is 0.636 bits per heavy atom. The summed E-state index contributed by atoms with van der Waals surface area (Å²) in [7, 11) is 0. The van der Waals surface area contributed by atoms with Gasteiger partial charge in [-0.3, -0.25) is 0 Å². The van der Waals surface area contributed by atoms with E-state index < -0.39 is 0 Å². The molecule has 0 aliphatic carbocycles. The van der Waals surface area contributed by atoms with Crippen LogP contribution in [0.25, 0.3) is 0 Å². The number of ether oxygens (including phenoxy) is 2. The normalized spacial score (nSPS) is 11.2. The second-order valence-corrected chi connectivity index (χ2v) is 8.67. The Bertz CT molecular complexity index is 1250. The summed E-state index contributed by atoms with van der Waals surface area (Å²) in [6.45, 7) is 6.60. The van der Waals surface area contributed by atoms with Crippen molar-refractivity contribution < 1.29 is 9.47 Å². The molecule has 0 bridgehead atoms. The van der Waals surface area contributed by atoms with E-state index in [1.165, 1.54) is 11.1 Å². The van der Waals surface area contributed by atoms with Crippen molar-refractivity contribution >= 4 is 11.4 Å². The van der Waals surface area contributed by atoms with Gasteiger partial charge in [0.2, 0.25) is 0 Å². The minimum atomic E-state index is -0.185. The van der Waals surface area contributed by atoms with E-state index >= 15 is 0 Å². The molecule has 4 rings (SSSR count). The molecule has 4 N–H and O–H groups in total. The van der Waals surface area contributed by atoms with E-state index in [-0.39, 0.29) is 5.41 Å². The number of rotatable bonds is 7. The largest absolute Gasteiger partial charge is 0.457 e. The molecular weight excluding hydrogens is 408 g/mol. The maximum atomic E-state index is 6.13. The molecule has 0 heterocycles. The molecule has 0 radical (unpaired) electrons. The molecule has 33 heavy (non-hydrogen) atoms. The summed E-state index contributed by atoms with van der Waals surface area (Å²) < 4.78 is 12.1. The average molecular weight is 439 g/mol. The molecular formula is C29H30N2O2. The zero-order valence-electron chi connectivity index (χ0n) is 19.3. The number of aryl methyl sites for hydroxylation is 1. The highest BCUT2D eigenvalue weighted by atomic mass is 16.5. The number of benzene rings is 4. The SMILES string of the molecule is CCc1cc(C(C)(C)c2ccc(Oc3cccc(N)c3)cc2)ccc1Oc1cccc(N)c1. The van der Waals surface area contributed by atoms with Crippen molar-refractivity contribution in [1.29, 1.82) is 0 Å². The molecule has 0 atom stereocenters. The molecule has 0 aromatic heterocycles. The third-order valence-electron chi connectivity index (χ3n) is 5.92. The van der Waals surface area contributed by atoms with E-state index in [0.717, 1.165) is 35.0 Å². The van der Waals surface area contributed by atoms with Gasteiger partial charge in [-0.15, -0.1) is 0 Å². The molecule has 4 heteroatoms. The Hall–Kier alpha value is -3.92. The van der Waals surface area contributed by atoms with Crippen LogP contribution in [0.3, 0.4) is 0 Å². The van der Waals surface area contributed by atoms with E-state index in [9.17, 15) is 0 Å². The van der Waals surface area contributed by atoms with Crippen LogP contribution in [0.5, 0.6) is 23.0 Å². The molecule has 4 aromatic rings. The monoisotopic (exact) mass is 438 g/mol. The van der Waals surface area contributed by atoms with E-state index in [1.807, 2.05) is 60.7 Å². The van der Waals surface area contributed by atoms with Crippen molar-refractivity contribution in [1.82, 2.24) is 0 Å². The predicted octanol–water partition coefficient (Wildman–Crippen LogP) is 7.32. The number of nitrogen functional groups attached to an aromatic ring is 2. The van der Waals surface area contributed by atoms with Gasteiger partial charge in [-0.1, -0.05) is 57.2 Å². The molecule has 4 aromatic carbocycles. The lowest BCUT2D eigenvalue weighted by molar-refractivity contribution is 0.476. The number of nitrogens with two attached hydrogens (primary N) is 2. The van der Waals surface area contributed by atoms with Gasteiger partial charge in [-0.2, -0.15) is 0 Å². The lowest BCUT2D eigenvalue weighted by Crippen LogP contribution is -2.19. The van der Waals surface area contributed by atoms with Crippen molar-refractivity contribution in [3.63, 3.8) is 0 Å². The van der Waals surface area contributed by atoms with Crippen LogP contribution in [0.2, 0.25) is 0 Å². The second-order valence-electron chi connectivity index (χ2n) is 8.67. The Labute approximate surface area is 195 Å². The highest BCUT2D eigenvalue weighted by molar-refractivity contribution is 5.50. The van der Waals surface area contributed by atoms with Crippen molar-refractivity contribution in [2.24, 2.45) is 0 Å². The topological polar surface area (TPSA) is 70.5 Å². The van der Waals surface area contributed by atoms with Crippen LogP contribution < -0.4 is 20.9 Å². The molecule has 0 aliphatic heterocycles. The summed E-state index contributed by atoms with van der Waals surface area (Å²) in [6.07, 6.45) is 0.870. The van der Waals surface area contributed by atoms with Crippen LogP contribution in [0.4, 0.5) is 11.4 Å². The molecule has 0 fully saturated rings. The molecule has 4 nitrogen and oxygen atoms in total. The third-order valence-corrected chi connectivity index (χ3v) is 5.92. The Morgan fingerprint density at radius 3 is 1.79 bits per heavy atom. The van der Waals surface area contributed by atoms with E-state index in [2.05, 4.69) is 51.1 Å². The smallest absolute Gasteiger partial charge is 0.130 e. The fourth-order valence-corrected chi connectivity index (χ4v) is 3.87. The minimum Gasteiger partial charge on any atom is -0.457 e. The van der Waals surface area contributed by atoms with Crippen LogP contribution >= 0.6 is 0 Å². The van der Waals surface area contributed by atoms with Gasteiger partial charge in [0, 0.05) is 28.9 Å². The highest BCUT2D eigenvalue weighted by Gasteiger charge is 2.24. The van der Waals surface area contributed by atoms with Gasteiger partial charge in [0.1, 0.15) is 23.0 Å². The summed E-state index contributed by atoms with van der Waals surface area (Å²) in [4.78, 5) is 0. The van der Waals surface area contributed by atoms with Gasteiger partial charge in [0.15, 0.2) is 0 Å². The van der Waals surface area contributed by atoms with Gasteiger partial charge >= 0.3 is 0 Å². The standard InChI is InChI=1S/C29H30N2O2/c1-4-20-17-22(13-16-28(20)33-27-10-6-8-24(31)19-27)29(2,3)21-11-14-25(15-12-21)32-26-9-5-7-23(30)18-26/h5-19H,4,30-31H2,1-3H3. The van der Waals surface area contributed by atoms with Crippen LogP contribution in [-0.2, 0) is 11.8 Å². The van der Waals surface area contributed by atoms with Crippen LogP contribution in [0, 0.1) is 0 Å².